The maximum Gasteiger partial charge on any atom is 0.272 e. The number of methoxy groups -OCH3 is 1. The van der Waals surface area contributed by atoms with E-state index in [1.54, 1.807) is 45.9 Å². The van der Waals surface area contributed by atoms with Gasteiger partial charge in [-0.15, -0.1) is 0 Å². The summed E-state index contributed by atoms with van der Waals surface area (Å²) in [5.41, 5.74) is 2.89. The van der Waals surface area contributed by atoms with Gasteiger partial charge in [-0.05, 0) is 52.0 Å². The minimum atomic E-state index is -0.807. The van der Waals surface area contributed by atoms with E-state index in [2.05, 4.69) is 5.43 Å². The first-order valence-corrected chi connectivity index (χ1v) is 9.16. The Morgan fingerprint density at radius 1 is 1.14 bits per heavy atom. The standard InChI is InChI=1S/C20H21Cl2FN2O3/c1-11-13(7-6-8-16(11)28-5)18(26)24-25(20(2,3)4)19(27)12-9-14(21)17(23)15(22)10-12/h6-10H,1-5H3,(H,24,26). The van der Waals surface area contributed by atoms with Gasteiger partial charge < -0.3 is 4.74 Å². The summed E-state index contributed by atoms with van der Waals surface area (Å²) in [4.78, 5) is 25.9. The number of hydrogen-bond acceptors (Lipinski definition) is 3. The van der Waals surface area contributed by atoms with E-state index in [1.807, 2.05) is 0 Å². The third kappa shape index (κ3) is 4.56. The molecule has 0 heterocycles. The highest BCUT2D eigenvalue weighted by Crippen LogP contribution is 2.27. The number of hydrogen-bond donors (Lipinski definition) is 1. The van der Waals surface area contributed by atoms with Crippen LogP contribution >= 0.6 is 23.2 Å². The number of carbonyl (C=O) groups excluding carboxylic acids is 2. The highest BCUT2D eigenvalue weighted by molar-refractivity contribution is 6.35. The van der Waals surface area contributed by atoms with Gasteiger partial charge in [-0.3, -0.25) is 15.0 Å². The van der Waals surface area contributed by atoms with E-state index >= 15 is 0 Å². The molecule has 8 heteroatoms. The largest absolute Gasteiger partial charge is 0.496 e. The number of amides is 2. The van der Waals surface area contributed by atoms with Gasteiger partial charge in [0.2, 0.25) is 0 Å². The molecule has 0 bridgehead atoms. The number of halogens is 3. The van der Waals surface area contributed by atoms with Crippen LogP contribution in [-0.4, -0.2) is 29.5 Å². The summed E-state index contributed by atoms with van der Waals surface area (Å²) in [7, 11) is 1.51. The number of carbonyl (C=O) groups is 2. The van der Waals surface area contributed by atoms with E-state index in [0.29, 0.717) is 16.9 Å². The summed E-state index contributed by atoms with van der Waals surface area (Å²) in [5.74, 6) is -1.32. The summed E-state index contributed by atoms with van der Waals surface area (Å²) in [6, 6.07) is 7.40. The molecule has 0 unspecified atom stereocenters. The SMILES string of the molecule is COc1cccc(C(=O)NN(C(=O)c2cc(Cl)c(F)c(Cl)c2)C(C)(C)C)c1C. The Morgan fingerprint density at radius 3 is 2.21 bits per heavy atom. The molecule has 150 valence electrons. The maximum atomic E-state index is 13.7. The fraction of sp³-hybridized carbons (Fsp3) is 0.300. The molecule has 2 rings (SSSR count). The second-order valence-corrected chi connectivity index (χ2v) is 7.95. The van der Waals surface area contributed by atoms with Crippen molar-refractivity contribution in [1.29, 1.82) is 0 Å². The molecule has 0 aliphatic carbocycles. The Bertz CT molecular complexity index is 903. The average molecular weight is 427 g/mol. The van der Waals surface area contributed by atoms with Crippen molar-refractivity contribution in [1.82, 2.24) is 10.4 Å². The zero-order valence-corrected chi connectivity index (χ0v) is 17.7. The lowest BCUT2D eigenvalue weighted by Gasteiger charge is -2.35. The summed E-state index contributed by atoms with van der Waals surface area (Å²) in [6.45, 7) is 6.99. The highest BCUT2D eigenvalue weighted by Gasteiger charge is 2.31. The van der Waals surface area contributed by atoms with Crippen LogP contribution in [0.1, 0.15) is 47.1 Å². The van der Waals surface area contributed by atoms with Gasteiger partial charge >= 0.3 is 0 Å². The molecule has 2 aromatic rings. The zero-order chi connectivity index (χ0) is 21.2. The van der Waals surface area contributed by atoms with Crippen molar-refractivity contribution in [2.24, 2.45) is 0 Å². The van der Waals surface area contributed by atoms with Crippen LogP contribution in [-0.2, 0) is 0 Å². The molecule has 0 aliphatic rings. The topological polar surface area (TPSA) is 58.6 Å². The lowest BCUT2D eigenvalue weighted by atomic mass is 10.1. The Morgan fingerprint density at radius 2 is 1.71 bits per heavy atom. The molecule has 1 N–H and O–H groups in total. The minimum absolute atomic E-state index is 0.0500. The quantitative estimate of drug-likeness (QED) is 0.552. The average Bonchev–Trinajstić information content (AvgIpc) is 2.62. The molecule has 28 heavy (non-hydrogen) atoms. The Kier molecular flexibility index (Phi) is 6.57. The molecule has 0 radical (unpaired) electrons. The fourth-order valence-corrected chi connectivity index (χ4v) is 3.06. The van der Waals surface area contributed by atoms with Gasteiger partial charge in [0.25, 0.3) is 11.8 Å². The van der Waals surface area contributed by atoms with Gasteiger partial charge in [0.05, 0.1) is 22.7 Å². The molecule has 2 aromatic carbocycles. The van der Waals surface area contributed by atoms with Crippen molar-refractivity contribution >= 4 is 35.0 Å². The first-order valence-electron chi connectivity index (χ1n) is 8.41. The normalized spacial score (nSPS) is 11.1. The number of benzene rings is 2. The van der Waals surface area contributed by atoms with Crippen LogP contribution < -0.4 is 10.2 Å². The minimum Gasteiger partial charge on any atom is -0.496 e. The third-order valence-electron chi connectivity index (χ3n) is 4.07. The van der Waals surface area contributed by atoms with Gasteiger partial charge in [0.15, 0.2) is 5.82 Å². The van der Waals surface area contributed by atoms with Crippen LogP contribution in [0.15, 0.2) is 30.3 Å². The molecule has 2 amide bonds. The second-order valence-electron chi connectivity index (χ2n) is 7.14. The second kappa shape index (κ2) is 8.37. The summed E-state index contributed by atoms with van der Waals surface area (Å²) < 4.78 is 18.9. The number of ether oxygens (including phenoxy) is 1. The molecule has 0 aromatic heterocycles. The van der Waals surface area contributed by atoms with Gasteiger partial charge in [-0.25, -0.2) is 9.40 Å². The van der Waals surface area contributed by atoms with Crippen LogP contribution in [0.2, 0.25) is 10.0 Å². The molecular formula is C20H21Cl2FN2O3. The molecule has 0 saturated carbocycles. The molecule has 5 nitrogen and oxygen atoms in total. The zero-order valence-electron chi connectivity index (χ0n) is 16.2. The lowest BCUT2D eigenvalue weighted by molar-refractivity contribution is 0.0358. The summed E-state index contributed by atoms with van der Waals surface area (Å²) in [5, 5.41) is 0.605. The third-order valence-corrected chi connectivity index (χ3v) is 4.62. The van der Waals surface area contributed by atoms with E-state index < -0.39 is 23.2 Å². The Labute approximate surface area is 173 Å². The van der Waals surface area contributed by atoms with Gasteiger partial charge in [0, 0.05) is 16.7 Å². The van der Waals surface area contributed by atoms with Crippen molar-refractivity contribution in [2.45, 2.75) is 33.2 Å². The first kappa shape index (κ1) is 22.0. The first-order chi connectivity index (χ1) is 13.0. The molecule has 0 atom stereocenters. The van der Waals surface area contributed by atoms with Gasteiger partial charge in [-0.2, -0.15) is 0 Å². The fourth-order valence-electron chi connectivity index (χ4n) is 2.57. The predicted molar refractivity (Wildman–Crippen MR) is 108 cm³/mol. The van der Waals surface area contributed by atoms with Crippen LogP contribution in [0, 0.1) is 12.7 Å². The number of nitrogens with one attached hydrogen (secondary N) is 1. The lowest BCUT2D eigenvalue weighted by Crippen LogP contribution is -2.56. The van der Waals surface area contributed by atoms with E-state index in [9.17, 15) is 14.0 Å². The van der Waals surface area contributed by atoms with E-state index in [0.717, 1.165) is 5.01 Å². The van der Waals surface area contributed by atoms with Crippen LogP contribution in [0.25, 0.3) is 0 Å². The predicted octanol–water partition coefficient (Wildman–Crippen LogP) is 5.04. The van der Waals surface area contributed by atoms with Crippen LogP contribution in [0.4, 0.5) is 4.39 Å². The Hall–Kier alpha value is -2.31. The van der Waals surface area contributed by atoms with E-state index in [1.165, 1.54) is 19.2 Å². The molecular weight excluding hydrogens is 406 g/mol. The smallest absolute Gasteiger partial charge is 0.272 e. The van der Waals surface area contributed by atoms with E-state index in [4.69, 9.17) is 27.9 Å². The highest BCUT2D eigenvalue weighted by atomic mass is 35.5. The van der Waals surface area contributed by atoms with Crippen molar-refractivity contribution in [3.8, 4) is 5.75 Å². The van der Waals surface area contributed by atoms with Crippen molar-refractivity contribution < 1.29 is 18.7 Å². The molecule has 0 saturated heterocycles. The molecule has 0 spiro atoms. The molecule has 0 fully saturated rings. The van der Waals surface area contributed by atoms with Crippen LogP contribution in [0.5, 0.6) is 5.75 Å². The summed E-state index contributed by atoms with van der Waals surface area (Å²) >= 11 is 11.6. The van der Waals surface area contributed by atoms with Crippen molar-refractivity contribution in [2.75, 3.05) is 7.11 Å². The maximum absolute atomic E-state index is 13.7. The van der Waals surface area contributed by atoms with Crippen LogP contribution in [0.3, 0.4) is 0 Å². The van der Waals surface area contributed by atoms with E-state index in [-0.39, 0.29) is 15.6 Å². The Balaban J connectivity index is 2.40. The van der Waals surface area contributed by atoms with Crippen molar-refractivity contribution in [3.63, 3.8) is 0 Å². The van der Waals surface area contributed by atoms with Gasteiger partial charge in [-0.1, -0.05) is 29.3 Å². The summed E-state index contributed by atoms with van der Waals surface area (Å²) in [6.07, 6.45) is 0. The number of rotatable bonds is 3. The van der Waals surface area contributed by atoms with Crippen molar-refractivity contribution in [3.05, 3.63) is 62.9 Å². The monoisotopic (exact) mass is 426 g/mol. The number of hydrazine groups is 1. The number of nitrogens with zero attached hydrogens (tertiary/aromatic N) is 1. The van der Waals surface area contributed by atoms with Gasteiger partial charge in [0.1, 0.15) is 5.75 Å². The molecule has 0 aliphatic heterocycles.